The summed E-state index contributed by atoms with van der Waals surface area (Å²) in [4.78, 5) is 11.1. The van der Waals surface area contributed by atoms with E-state index >= 15 is 0 Å². The van der Waals surface area contributed by atoms with Crippen molar-refractivity contribution in [2.75, 3.05) is 0 Å². The molecule has 4 aliphatic rings. The molecule has 0 heterocycles. The van der Waals surface area contributed by atoms with Gasteiger partial charge in [0.15, 0.2) is 0 Å². The van der Waals surface area contributed by atoms with Crippen LogP contribution in [0.3, 0.4) is 0 Å². The van der Waals surface area contributed by atoms with Crippen molar-refractivity contribution in [2.24, 2.45) is 46.3 Å². The Morgan fingerprint density at radius 2 is 1.89 bits per heavy atom. The quantitative estimate of drug-likeness (QED) is 0.654. The van der Waals surface area contributed by atoms with E-state index in [0.29, 0.717) is 12.3 Å². The van der Waals surface area contributed by atoms with Gasteiger partial charge in [-0.3, -0.25) is 4.79 Å². The number of aliphatic hydroxyl groups is 2. The highest BCUT2D eigenvalue weighted by atomic mass is 16.4. The molecule has 10 atom stereocenters. The Morgan fingerprint density at radius 1 is 1.18 bits per heavy atom. The summed E-state index contributed by atoms with van der Waals surface area (Å²) in [5.41, 5.74) is -0.773. The molecular weight excluding hydrogens is 352 g/mol. The summed E-state index contributed by atoms with van der Waals surface area (Å²) in [5, 5.41) is 31.1. The molecule has 4 nitrogen and oxygen atoms in total. The van der Waals surface area contributed by atoms with Gasteiger partial charge in [-0.1, -0.05) is 20.8 Å². The number of aliphatic carboxylic acids is 1. The number of hydrogen-bond acceptors (Lipinski definition) is 3. The highest BCUT2D eigenvalue weighted by molar-refractivity contribution is 5.66. The highest BCUT2D eigenvalue weighted by Crippen LogP contribution is 2.68. The third kappa shape index (κ3) is 3.14. The molecule has 0 amide bonds. The predicted octanol–water partition coefficient (Wildman–Crippen LogP) is 4.48. The molecule has 4 aliphatic carbocycles. The number of rotatable bonds is 4. The molecule has 0 radical (unpaired) electrons. The molecule has 0 aromatic rings. The second-order valence-corrected chi connectivity index (χ2v) is 10.6. The van der Waals surface area contributed by atoms with Crippen LogP contribution in [-0.4, -0.2) is 33.5 Å². The maximum Gasteiger partial charge on any atom is 0.303 e. The highest BCUT2D eigenvalue weighted by Gasteiger charge is 2.62. The van der Waals surface area contributed by atoms with Gasteiger partial charge in [0.25, 0.3) is 0 Å². The van der Waals surface area contributed by atoms with E-state index in [9.17, 15) is 15.0 Å². The van der Waals surface area contributed by atoms with E-state index < -0.39 is 42.2 Å². The van der Waals surface area contributed by atoms with E-state index in [1.807, 2.05) is 6.92 Å². The summed E-state index contributed by atoms with van der Waals surface area (Å²) in [5.74, 6) is -0.819. The van der Waals surface area contributed by atoms with E-state index in [2.05, 4.69) is 13.8 Å². The van der Waals surface area contributed by atoms with E-state index in [1.165, 1.54) is 0 Å². The van der Waals surface area contributed by atoms with Crippen molar-refractivity contribution in [1.82, 2.24) is 0 Å². The van der Waals surface area contributed by atoms with Crippen molar-refractivity contribution in [3.05, 3.63) is 0 Å². The maximum absolute atomic E-state index is 11.4. The maximum atomic E-state index is 11.4. The number of aliphatic hydroxyl groups excluding tert-OH is 1. The topological polar surface area (TPSA) is 77.8 Å². The van der Waals surface area contributed by atoms with E-state index in [1.54, 1.807) is 0 Å². The largest absolute Gasteiger partial charge is 0.481 e. The Bertz CT molecular complexity index is 804. The van der Waals surface area contributed by atoms with Crippen molar-refractivity contribution >= 4 is 5.97 Å². The van der Waals surface area contributed by atoms with Gasteiger partial charge in [0.1, 0.15) is 0 Å². The first kappa shape index (κ1) is 15.2. The van der Waals surface area contributed by atoms with Gasteiger partial charge < -0.3 is 15.3 Å². The average Bonchev–Trinajstić information content (AvgIpc) is 3.04. The molecule has 0 unspecified atom stereocenters. The third-order valence-corrected chi connectivity index (χ3v) is 9.42. The Kier molecular flexibility index (Phi) is 3.95. The van der Waals surface area contributed by atoms with Gasteiger partial charge in [0.05, 0.1) is 13.6 Å². The van der Waals surface area contributed by atoms with Crippen molar-refractivity contribution in [1.29, 1.82) is 0 Å². The molecule has 0 saturated heterocycles. The van der Waals surface area contributed by atoms with Gasteiger partial charge in [0, 0.05) is 11.9 Å². The second-order valence-electron chi connectivity index (χ2n) is 10.6. The molecule has 0 bridgehead atoms. The fraction of sp³-hybridized carbons (Fsp3) is 0.958. The molecule has 4 rings (SSSR count). The van der Waals surface area contributed by atoms with Crippen LogP contribution in [0.4, 0.5) is 0 Å². The lowest BCUT2D eigenvalue weighted by Crippen LogP contribution is -2.58. The zero-order valence-corrected chi connectivity index (χ0v) is 17.4. The van der Waals surface area contributed by atoms with Gasteiger partial charge in [-0.2, -0.15) is 0 Å². The first-order valence-electron chi connectivity index (χ1n) is 13.6. The normalized spacial score (nSPS) is 60.5. The van der Waals surface area contributed by atoms with Crippen LogP contribution < -0.4 is 0 Å². The standard InChI is InChI=1S/C24H40O4/c1-14(4-7-21(27)28)17-5-6-18-22-19(9-11-24(17,18)3)23(2)10-8-16(25)12-15(23)13-20(22)26/h14-20,22,25-26H,4-13H2,1-3H3,(H,27,28)/t14-,15+,16-,17-,18+,19+,20+,22+,23+,24-/m0/s1/i8D2,12D2,16D. The monoisotopic (exact) mass is 397 g/mol. The molecule has 28 heavy (non-hydrogen) atoms. The fourth-order valence-corrected chi connectivity index (χ4v) is 7.92. The van der Waals surface area contributed by atoms with Crippen LogP contribution in [0.25, 0.3) is 0 Å². The Labute approximate surface area is 177 Å². The van der Waals surface area contributed by atoms with Crippen molar-refractivity contribution in [3.8, 4) is 0 Å². The molecule has 0 aromatic carbocycles. The molecule has 4 saturated carbocycles. The molecule has 0 aliphatic heterocycles. The van der Waals surface area contributed by atoms with E-state index in [-0.39, 0.29) is 48.3 Å². The third-order valence-electron chi connectivity index (χ3n) is 9.42. The molecule has 0 spiro atoms. The first-order chi connectivity index (χ1) is 15.0. The van der Waals surface area contributed by atoms with Gasteiger partial charge >= 0.3 is 5.97 Å². The van der Waals surface area contributed by atoms with Crippen LogP contribution in [0.5, 0.6) is 0 Å². The van der Waals surface area contributed by atoms with Crippen LogP contribution in [0.1, 0.15) is 91.7 Å². The zero-order chi connectivity index (χ0) is 24.8. The second kappa shape index (κ2) is 7.27. The number of fused-ring (bicyclic) bond motifs is 5. The zero-order valence-electron chi connectivity index (χ0n) is 22.4. The summed E-state index contributed by atoms with van der Waals surface area (Å²) < 4.78 is 42.3. The van der Waals surface area contributed by atoms with Crippen LogP contribution in [0.2, 0.25) is 0 Å². The minimum absolute atomic E-state index is 0.0217. The summed E-state index contributed by atoms with van der Waals surface area (Å²) in [6.45, 7) is 6.35. The van der Waals surface area contributed by atoms with Gasteiger partial charge in [0.2, 0.25) is 0 Å². The molecule has 160 valence electrons. The Balaban J connectivity index is 1.66. The molecule has 3 N–H and O–H groups in total. The van der Waals surface area contributed by atoms with Gasteiger partial charge in [-0.25, -0.2) is 0 Å². The summed E-state index contributed by atoms with van der Waals surface area (Å²) in [6.07, 6.45) is -4.04. The lowest BCUT2D eigenvalue weighted by atomic mass is 9.43. The number of carboxylic acids is 1. The minimum Gasteiger partial charge on any atom is -0.481 e. The molecule has 4 heteroatoms. The van der Waals surface area contributed by atoms with Gasteiger partial charge in [-0.15, -0.1) is 0 Å². The Hall–Kier alpha value is -0.610. The smallest absolute Gasteiger partial charge is 0.303 e. The minimum atomic E-state index is -2.86. The number of carboxylic acid groups (broad SMARTS) is 1. The average molecular weight is 398 g/mol. The molecular formula is C24H40O4. The predicted molar refractivity (Wildman–Crippen MR) is 109 cm³/mol. The van der Waals surface area contributed by atoms with Gasteiger partial charge in [-0.05, 0) is 104 Å². The van der Waals surface area contributed by atoms with Crippen molar-refractivity contribution in [3.63, 3.8) is 0 Å². The molecule has 4 fully saturated rings. The van der Waals surface area contributed by atoms with Crippen LogP contribution in [-0.2, 0) is 4.79 Å². The summed E-state index contributed by atoms with van der Waals surface area (Å²) in [6, 6.07) is 0. The summed E-state index contributed by atoms with van der Waals surface area (Å²) >= 11 is 0. The molecule has 0 aromatic heterocycles. The van der Waals surface area contributed by atoms with Crippen LogP contribution >= 0.6 is 0 Å². The van der Waals surface area contributed by atoms with E-state index in [4.69, 9.17) is 12.0 Å². The van der Waals surface area contributed by atoms with E-state index in [0.717, 1.165) is 25.7 Å². The first-order valence-corrected chi connectivity index (χ1v) is 11.1. The fourth-order valence-electron chi connectivity index (χ4n) is 7.92. The number of carbonyl (C=O) groups is 1. The van der Waals surface area contributed by atoms with Crippen molar-refractivity contribution in [2.45, 2.75) is 97.1 Å². The number of hydrogen-bond donors (Lipinski definition) is 3. The lowest BCUT2D eigenvalue weighted by Gasteiger charge is -2.62. The Morgan fingerprint density at radius 3 is 2.61 bits per heavy atom. The van der Waals surface area contributed by atoms with Crippen LogP contribution in [0, 0.1) is 46.3 Å². The lowest BCUT2D eigenvalue weighted by molar-refractivity contribution is -0.174. The SMILES string of the molecule is [2H]C1([2H])C[C@@]2(C)[C@@H]3CC[C@]4(C)[C@H](CC[C@H]4[C@@H](C)CCC(=O)O)[C@H]3[C@H](O)C[C@H]2C([2H])([2H])[C@@]1([2H])O. The summed E-state index contributed by atoms with van der Waals surface area (Å²) in [7, 11) is 0. The van der Waals surface area contributed by atoms with Crippen LogP contribution in [0.15, 0.2) is 0 Å². The van der Waals surface area contributed by atoms with Crippen molar-refractivity contribution < 1.29 is 27.0 Å².